The number of fused-ring (bicyclic) bond motifs is 1. The lowest BCUT2D eigenvalue weighted by Gasteiger charge is -2.26. The summed E-state index contributed by atoms with van der Waals surface area (Å²) in [5, 5.41) is 15.0. The predicted molar refractivity (Wildman–Crippen MR) is 142 cm³/mol. The van der Waals surface area contributed by atoms with Crippen LogP contribution in [0.1, 0.15) is 11.1 Å². The van der Waals surface area contributed by atoms with E-state index in [1.807, 2.05) is 30.3 Å². The molecule has 38 heavy (non-hydrogen) atoms. The van der Waals surface area contributed by atoms with Gasteiger partial charge in [0.1, 0.15) is 17.9 Å². The van der Waals surface area contributed by atoms with Crippen LogP contribution in [0.2, 0.25) is 5.02 Å². The second-order valence-electron chi connectivity index (χ2n) is 8.35. The highest BCUT2D eigenvalue weighted by Gasteiger charge is 2.37. The molecular weight excluding hydrogens is 510 g/mol. The van der Waals surface area contributed by atoms with Gasteiger partial charge in [-0.15, -0.1) is 0 Å². The molecule has 1 N–H and O–H groups in total. The zero-order valence-corrected chi connectivity index (χ0v) is 20.3. The fourth-order valence-electron chi connectivity index (χ4n) is 4.08. The molecule has 4 aromatic carbocycles. The molecule has 0 aliphatic carbocycles. The highest BCUT2D eigenvalue weighted by atomic mass is 35.5. The standard InChI is InChI=1S/C28H18ClN3O6/c29-19-5-3-6-21(14-19)31-27(34)24(26(33)30-28(31)35)15-23-22-7-2-1-4-18(22)10-13-25(23)38-16-17-8-11-20(12-9-17)32(36)37/h1-15H,16H2,(H,30,33,35)/b24-15+. The van der Waals surface area contributed by atoms with E-state index in [-0.39, 0.29) is 23.6 Å². The maximum atomic E-state index is 13.4. The number of nitrogens with one attached hydrogen (secondary N) is 1. The van der Waals surface area contributed by atoms with Crippen molar-refractivity contribution in [3.8, 4) is 5.75 Å². The van der Waals surface area contributed by atoms with Crippen molar-refractivity contribution >= 4 is 57.7 Å². The average molecular weight is 528 g/mol. The van der Waals surface area contributed by atoms with Crippen LogP contribution < -0.4 is 15.0 Å². The number of non-ortho nitro benzene ring substituents is 1. The van der Waals surface area contributed by atoms with Crippen LogP contribution in [0.5, 0.6) is 5.75 Å². The van der Waals surface area contributed by atoms with Crippen LogP contribution in [0, 0.1) is 10.1 Å². The lowest BCUT2D eigenvalue weighted by molar-refractivity contribution is -0.384. The van der Waals surface area contributed by atoms with Gasteiger partial charge >= 0.3 is 6.03 Å². The molecule has 0 unspecified atom stereocenters. The number of hydrogen-bond acceptors (Lipinski definition) is 6. The third-order valence-electron chi connectivity index (χ3n) is 5.93. The quantitative estimate of drug-likeness (QED) is 0.150. The minimum absolute atomic E-state index is 0.0366. The summed E-state index contributed by atoms with van der Waals surface area (Å²) in [5.41, 5.74) is 1.06. The SMILES string of the molecule is O=C1NC(=O)N(c2cccc(Cl)c2)C(=O)/C1=C/c1c(OCc2ccc([N+](=O)[O-])cc2)ccc2ccccc12. The van der Waals surface area contributed by atoms with Crippen molar-refractivity contribution < 1.29 is 24.0 Å². The molecule has 0 spiro atoms. The number of barbiturate groups is 1. The molecule has 0 saturated carbocycles. The van der Waals surface area contributed by atoms with Crippen molar-refractivity contribution in [1.82, 2.24) is 5.32 Å². The highest BCUT2D eigenvalue weighted by molar-refractivity contribution is 6.39. The first-order valence-electron chi connectivity index (χ1n) is 11.4. The maximum Gasteiger partial charge on any atom is 0.335 e. The molecule has 0 bridgehead atoms. The van der Waals surface area contributed by atoms with E-state index in [1.54, 1.807) is 30.3 Å². The predicted octanol–water partition coefficient (Wildman–Crippen LogP) is 5.65. The Hall–Kier alpha value is -5.02. The van der Waals surface area contributed by atoms with E-state index >= 15 is 0 Å². The van der Waals surface area contributed by atoms with Crippen LogP contribution in [0.25, 0.3) is 16.8 Å². The fraction of sp³-hybridized carbons (Fsp3) is 0.0357. The number of rotatable bonds is 6. The molecule has 4 amide bonds. The minimum atomic E-state index is -0.882. The number of carbonyl (C=O) groups excluding carboxylic acids is 3. The fourth-order valence-corrected chi connectivity index (χ4v) is 4.26. The summed E-state index contributed by atoms with van der Waals surface area (Å²) in [7, 11) is 0. The summed E-state index contributed by atoms with van der Waals surface area (Å²) in [6, 6.07) is 22.2. The maximum absolute atomic E-state index is 13.4. The van der Waals surface area contributed by atoms with E-state index in [9.17, 15) is 24.5 Å². The molecule has 5 rings (SSSR count). The number of nitro benzene ring substituents is 1. The lowest BCUT2D eigenvalue weighted by atomic mass is 9.99. The molecule has 0 aromatic heterocycles. The molecule has 9 nitrogen and oxygen atoms in total. The van der Waals surface area contributed by atoms with Gasteiger partial charge in [0, 0.05) is 22.7 Å². The van der Waals surface area contributed by atoms with Gasteiger partial charge in [0.2, 0.25) is 0 Å². The Morgan fingerprint density at radius 1 is 0.947 bits per heavy atom. The molecule has 4 aromatic rings. The van der Waals surface area contributed by atoms with Gasteiger partial charge < -0.3 is 4.74 Å². The van der Waals surface area contributed by atoms with Crippen molar-refractivity contribution in [2.45, 2.75) is 6.61 Å². The number of nitro groups is 1. The number of amides is 4. The first-order chi connectivity index (χ1) is 18.3. The Balaban J connectivity index is 1.55. The first-order valence-corrected chi connectivity index (χ1v) is 11.7. The molecule has 1 aliphatic rings. The summed E-state index contributed by atoms with van der Waals surface area (Å²) in [4.78, 5) is 50.1. The Labute approximate surface area is 221 Å². The van der Waals surface area contributed by atoms with Gasteiger partial charge in [-0.1, -0.05) is 48.0 Å². The summed E-state index contributed by atoms with van der Waals surface area (Å²) >= 11 is 6.05. The second kappa shape index (κ2) is 10.2. The van der Waals surface area contributed by atoms with Crippen molar-refractivity contribution in [2.75, 3.05) is 4.90 Å². The molecule has 1 fully saturated rings. The smallest absolute Gasteiger partial charge is 0.335 e. The number of anilines is 1. The van der Waals surface area contributed by atoms with Crippen LogP contribution in [-0.4, -0.2) is 22.8 Å². The monoisotopic (exact) mass is 527 g/mol. The third-order valence-corrected chi connectivity index (χ3v) is 6.16. The van der Waals surface area contributed by atoms with E-state index in [0.29, 0.717) is 27.3 Å². The van der Waals surface area contributed by atoms with Gasteiger partial charge in [-0.3, -0.25) is 25.0 Å². The summed E-state index contributed by atoms with van der Waals surface area (Å²) in [6.45, 7) is 0.0831. The van der Waals surface area contributed by atoms with Crippen LogP contribution in [-0.2, 0) is 16.2 Å². The van der Waals surface area contributed by atoms with E-state index in [2.05, 4.69) is 5.32 Å². The van der Waals surface area contributed by atoms with Crippen LogP contribution in [0.15, 0.2) is 90.5 Å². The van der Waals surface area contributed by atoms with Crippen molar-refractivity contribution in [3.63, 3.8) is 0 Å². The van der Waals surface area contributed by atoms with Crippen LogP contribution in [0.3, 0.4) is 0 Å². The lowest BCUT2D eigenvalue weighted by Crippen LogP contribution is -2.54. The van der Waals surface area contributed by atoms with Gasteiger partial charge in [0.15, 0.2) is 0 Å². The van der Waals surface area contributed by atoms with E-state index in [4.69, 9.17) is 16.3 Å². The highest BCUT2D eigenvalue weighted by Crippen LogP contribution is 2.32. The topological polar surface area (TPSA) is 119 Å². The first kappa shape index (κ1) is 24.7. The molecule has 1 saturated heterocycles. The Kier molecular flexibility index (Phi) is 6.59. The second-order valence-corrected chi connectivity index (χ2v) is 8.78. The van der Waals surface area contributed by atoms with Crippen molar-refractivity contribution in [1.29, 1.82) is 0 Å². The van der Waals surface area contributed by atoms with Crippen LogP contribution >= 0.6 is 11.6 Å². The van der Waals surface area contributed by atoms with Gasteiger partial charge in [-0.2, -0.15) is 0 Å². The van der Waals surface area contributed by atoms with Gasteiger partial charge in [0.25, 0.3) is 17.5 Å². The number of imide groups is 2. The van der Waals surface area contributed by atoms with Crippen molar-refractivity contribution in [2.24, 2.45) is 0 Å². The van der Waals surface area contributed by atoms with Crippen molar-refractivity contribution in [3.05, 3.63) is 117 Å². The molecule has 1 heterocycles. The number of hydrogen-bond donors (Lipinski definition) is 1. The largest absolute Gasteiger partial charge is 0.488 e. The molecule has 0 radical (unpaired) electrons. The number of urea groups is 1. The molecular formula is C28H18ClN3O6. The average Bonchev–Trinajstić information content (AvgIpc) is 2.90. The summed E-state index contributed by atoms with van der Waals surface area (Å²) in [6.07, 6.45) is 1.40. The zero-order valence-electron chi connectivity index (χ0n) is 19.6. The number of nitrogens with zero attached hydrogens (tertiary/aromatic N) is 2. The van der Waals surface area contributed by atoms with E-state index in [0.717, 1.165) is 10.3 Å². The van der Waals surface area contributed by atoms with Gasteiger partial charge in [-0.25, -0.2) is 9.69 Å². The Bertz CT molecular complexity index is 1650. The number of halogens is 1. The number of carbonyl (C=O) groups is 3. The zero-order chi connectivity index (χ0) is 26.8. The molecule has 0 atom stereocenters. The third kappa shape index (κ3) is 4.82. The normalized spacial score (nSPS) is 14.6. The summed E-state index contributed by atoms with van der Waals surface area (Å²) in [5.74, 6) is -1.27. The molecule has 1 aliphatic heterocycles. The molecule has 188 valence electrons. The minimum Gasteiger partial charge on any atom is -0.488 e. The Morgan fingerprint density at radius 3 is 2.45 bits per heavy atom. The summed E-state index contributed by atoms with van der Waals surface area (Å²) < 4.78 is 6.04. The van der Waals surface area contributed by atoms with Gasteiger partial charge in [-0.05, 0) is 58.8 Å². The number of benzene rings is 4. The van der Waals surface area contributed by atoms with Gasteiger partial charge in [0.05, 0.1) is 10.6 Å². The van der Waals surface area contributed by atoms with Crippen LogP contribution in [0.4, 0.5) is 16.2 Å². The number of ether oxygens (including phenoxy) is 1. The molecule has 10 heteroatoms. The Morgan fingerprint density at radius 2 is 1.71 bits per heavy atom. The van der Waals surface area contributed by atoms with E-state index in [1.165, 1.54) is 30.3 Å². The van der Waals surface area contributed by atoms with E-state index < -0.39 is 22.8 Å².